The van der Waals surface area contributed by atoms with Crippen LogP contribution in [-0.4, -0.2) is 39.0 Å². The Morgan fingerprint density at radius 2 is 2.40 bits per heavy atom. The van der Waals surface area contributed by atoms with Crippen LogP contribution in [0.15, 0.2) is 12.4 Å². The second-order valence-electron chi connectivity index (χ2n) is 5.71. The van der Waals surface area contributed by atoms with E-state index in [0.717, 1.165) is 6.54 Å². The third-order valence-corrected chi connectivity index (χ3v) is 3.85. The van der Waals surface area contributed by atoms with Crippen LogP contribution < -0.4 is 5.32 Å². The van der Waals surface area contributed by atoms with Gasteiger partial charge in [0, 0.05) is 13.1 Å². The fourth-order valence-electron chi connectivity index (χ4n) is 2.55. The van der Waals surface area contributed by atoms with Gasteiger partial charge in [-0.3, -0.25) is 14.8 Å². The average molecular weight is 282 g/mol. The molecule has 1 saturated carbocycles. The highest BCUT2D eigenvalue weighted by Gasteiger charge is 2.40. The molecule has 7 heteroatoms. The molecule has 2 N–H and O–H groups in total. The molecule has 2 rings (SSSR count). The molecule has 1 aromatic heterocycles. The van der Waals surface area contributed by atoms with Crippen LogP contribution in [0.4, 0.5) is 5.69 Å². The predicted octanol–water partition coefficient (Wildman–Crippen LogP) is 1.32. The third-order valence-electron chi connectivity index (χ3n) is 3.85. The molecule has 0 aromatic carbocycles. The van der Waals surface area contributed by atoms with Crippen molar-refractivity contribution in [2.24, 2.45) is 5.41 Å². The number of nitro groups is 1. The van der Waals surface area contributed by atoms with E-state index >= 15 is 0 Å². The van der Waals surface area contributed by atoms with Crippen LogP contribution in [-0.2, 0) is 6.54 Å². The standard InChI is InChI=1S/C13H22N4O3/c1-2-3-13(4-5-13)10-14-7-12(18)9-16-8-11(6-15-16)17(19)20/h6,8,12,14,18H,2-5,7,9-10H2,1H3. The van der Waals surface area contributed by atoms with Crippen molar-refractivity contribution >= 4 is 5.69 Å². The van der Waals surface area contributed by atoms with E-state index in [1.54, 1.807) is 0 Å². The van der Waals surface area contributed by atoms with E-state index in [2.05, 4.69) is 17.3 Å². The van der Waals surface area contributed by atoms with Crippen molar-refractivity contribution in [3.63, 3.8) is 0 Å². The first-order valence-electron chi connectivity index (χ1n) is 7.10. The summed E-state index contributed by atoms with van der Waals surface area (Å²) in [6, 6.07) is 0. The summed E-state index contributed by atoms with van der Waals surface area (Å²) in [5.41, 5.74) is 0.406. The van der Waals surface area contributed by atoms with Gasteiger partial charge in [0.15, 0.2) is 0 Å². The summed E-state index contributed by atoms with van der Waals surface area (Å²) in [7, 11) is 0. The molecule has 1 aromatic rings. The normalized spacial score (nSPS) is 17.9. The highest BCUT2D eigenvalue weighted by Crippen LogP contribution is 2.48. The smallest absolute Gasteiger partial charge is 0.306 e. The van der Waals surface area contributed by atoms with Crippen LogP contribution in [0, 0.1) is 15.5 Å². The first-order chi connectivity index (χ1) is 9.54. The maximum absolute atomic E-state index is 10.5. The number of aromatic nitrogens is 2. The molecule has 1 heterocycles. The largest absolute Gasteiger partial charge is 0.390 e. The van der Waals surface area contributed by atoms with Gasteiger partial charge in [-0.25, -0.2) is 0 Å². The van der Waals surface area contributed by atoms with Gasteiger partial charge < -0.3 is 10.4 Å². The Kier molecular flexibility index (Phi) is 4.72. The molecule has 112 valence electrons. The Hall–Kier alpha value is -1.47. The van der Waals surface area contributed by atoms with Crippen molar-refractivity contribution < 1.29 is 10.0 Å². The zero-order valence-electron chi connectivity index (χ0n) is 11.8. The Morgan fingerprint density at radius 3 is 2.95 bits per heavy atom. The maximum atomic E-state index is 10.5. The van der Waals surface area contributed by atoms with Crippen LogP contribution in [0.2, 0.25) is 0 Å². The molecular weight excluding hydrogens is 260 g/mol. The number of nitrogens with one attached hydrogen (secondary N) is 1. The quantitative estimate of drug-likeness (QED) is 0.526. The minimum atomic E-state index is -0.591. The van der Waals surface area contributed by atoms with E-state index in [9.17, 15) is 15.2 Å². The number of rotatable bonds is 9. The second kappa shape index (κ2) is 6.32. The fourth-order valence-corrected chi connectivity index (χ4v) is 2.55. The van der Waals surface area contributed by atoms with Crippen molar-refractivity contribution in [1.82, 2.24) is 15.1 Å². The predicted molar refractivity (Wildman–Crippen MR) is 74.3 cm³/mol. The minimum absolute atomic E-state index is 0.0509. The number of nitrogens with zero attached hydrogens (tertiary/aromatic N) is 3. The fraction of sp³-hybridized carbons (Fsp3) is 0.769. The van der Waals surface area contributed by atoms with Gasteiger partial charge in [0.05, 0.1) is 17.6 Å². The van der Waals surface area contributed by atoms with Gasteiger partial charge in [-0.05, 0) is 24.7 Å². The van der Waals surface area contributed by atoms with Crippen LogP contribution >= 0.6 is 0 Å². The van der Waals surface area contributed by atoms with Gasteiger partial charge in [0.1, 0.15) is 12.4 Å². The van der Waals surface area contributed by atoms with Crippen molar-refractivity contribution in [1.29, 1.82) is 0 Å². The summed E-state index contributed by atoms with van der Waals surface area (Å²) in [5, 5.41) is 27.6. The zero-order chi connectivity index (χ0) is 14.6. The average Bonchev–Trinajstić information content (AvgIpc) is 2.98. The molecule has 0 bridgehead atoms. The number of hydrogen-bond acceptors (Lipinski definition) is 5. The van der Waals surface area contributed by atoms with Gasteiger partial charge in [-0.2, -0.15) is 5.10 Å². The number of hydrogen-bond donors (Lipinski definition) is 2. The van der Waals surface area contributed by atoms with E-state index in [0.29, 0.717) is 12.0 Å². The molecule has 0 amide bonds. The number of aliphatic hydroxyl groups is 1. The molecule has 1 atom stereocenters. The topological polar surface area (TPSA) is 93.2 Å². The lowest BCUT2D eigenvalue weighted by Gasteiger charge is -2.17. The van der Waals surface area contributed by atoms with Crippen molar-refractivity contribution in [3.8, 4) is 0 Å². The first-order valence-corrected chi connectivity index (χ1v) is 7.10. The Labute approximate surface area is 118 Å². The molecule has 20 heavy (non-hydrogen) atoms. The van der Waals surface area contributed by atoms with E-state index in [4.69, 9.17) is 0 Å². The van der Waals surface area contributed by atoms with Crippen LogP contribution in [0.1, 0.15) is 32.6 Å². The molecule has 1 fully saturated rings. The lowest BCUT2D eigenvalue weighted by Crippen LogP contribution is -2.34. The van der Waals surface area contributed by atoms with Crippen LogP contribution in [0.3, 0.4) is 0 Å². The van der Waals surface area contributed by atoms with E-state index in [1.807, 2.05) is 0 Å². The molecular formula is C13H22N4O3. The van der Waals surface area contributed by atoms with E-state index in [1.165, 1.54) is 42.8 Å². The number of aliphatic hydroxyl groups excluding tert-OH is 1. The highest BCUT2D eigenvalue weighted by molar-refractivity contribution is 5.20. The molecule has 1 aliphatic rings. The maximum Gasteiger partial charge on any atom is 0.306 e. The first kappa shape index (κ1) is 14.9. The molecule has 0 radical (unpaired) electrons. The van der Waals surface area contributed by atoms with Gasteiger partial charge in [-0.1, -0.05) is 13.3 Å². The molecule has 0 saturated heterocycles. The Balaban J connectivity index is 1.69. The van der Waals surface area contributed by atoms with Crippen LogP contribution in [0.5, 0.6) is 0 Å². The molecule has 1 unspecified atom stereocenters. The van der Waals surface area contributed by atoms with Gasteiger partial charge >= 0.3 is 5.69 Å². The summed E-state index contributed by atoms with van der Waals surface area (Å²) in [6.07, 6.45) is 6.92. The Bertz CT molecular complexity index is 456. The molecule has 7 nitrogen and oxygen atoms in total. The summed E-state index contributed by atoms with van der Waals surface area (Å²) in [5.74, 6) is 0. The highest BCUT2D eigenvalue weighted by atomic mass is 16.6. The summed E-state index contributed by atoms with van der Waals surface area (Å²) >= 11 is 0. The summed E-state index contributed by atoms with van der Waals surface area (Å²) in [4.78, 5) is 10.0. The monoisotopic (exact) mass is 282 g/mol. The van der Waals surface area contributed by atoms with E-state index in [-0.39, 0.29) is 12.2 Å². The van der Waals surface area contributed by atoms with Gasteiger partial charge in [0.25, 0.3) is 0 Å². The van der Waals surface area contributed by atoms with Crippen molar-refractivity contribution in [3.05, 3.63) is 22.5 Å². The van der Waals surface area contributed by atoms with E-state index < -0.39 is 11.0 Å². The van der Waals surface area contributed by atoms with Gasteiger partial charge in [0.2, 0.25) is 0 Å². The lowest BCUT2D eigenvalue weighted by atomic mass is 10.0. The SMILES string of the molecule is CCCC1(CNCC(O)Cn2cc([N+](=O)[O-])cn2)CC1. The molecule has 0 aliphatic heterocycles. The summed E-state index contributed by atoms with van der Waals surface area (Å²) in [6.45, 7) is 3.89. The van der Waals surface area contributed by atoms with Crippen LogP contribution in [0.25, 0.3) is 0 Å². The molecule has 0 spiro atoms. The van der Waals surface area contributed by atoms with Crippen molar-refractivity contribution in [2.75, 3.05) is 13.1 Å². The van der Waals surface area contributed by atoms with Gasteiger partial charge in [-0.15, -0.1) is 0 Å². The lowest BCUT2D eigenvalue weighted by molar-refractivity contribution is -0.385. The Morgan fingerprint density at radius 1 is 1.65 bits per heavy atom. The minimum Gasteiger partial charge on any atom is -0.390 e. The molecule has 1 aliphatic carbocycles. The third kappa shape index (κ3) is 4.01. The zero-order valence-corrected chi connectivity index (χ0v) is 11.8. The van der Waals surface area contributed by atoms with Crippen molar-refractivity contribution in [2.45, 2.75) is 45.3 Å². The summed E-state index contributed by atoms with van der Waals surface area (Å²) < 4.78 is 1.41. The second-order valence-corrected chi connectivity index (χ2v) is 5.71.